The lowest BCUT2D eigenvalue weighted by Gasteiger charge is -2.09. The molecule has 0 radical (unpaired) electrons. The highest BCUT2D eigenvalue weighted by molar-refractivity contribution is 5.59. The van der Waals surface area contributed by atoms with Crippen LogP contribution in [-0.2, 0) is 13.7 Å². The fraction of sp³-hybridized carbons (Fsp3) is 0.154. The minimum Gasteiger partial charge on any atom is -0.391 e. The summed E-state index contributed by atoms with van der Waals surface area (Å²) in [6, 6.07) is 13.2. The third-order valence-electron chi connectivity index (χ3n) is 2.62. The van der Waals surface area contributed by atoms with E-state index in [2.05, 4.69) is 0 Å². The number of aliphatic hydroxyl groups excluding tert-OH is 1. The topological polar surface area (TPSA) is 42.2 Å². The first-order chi connectivity index (χ1) is 7.74. The third-order valence-corrected chi connectivity index (χ3v) is 2.62. The summed E-state index contributed by atoms with van der Waals surface area (Å²) in [4.78, 5) is 11.8. The van der Waals surface area contributed by atoms with E-state index in [-0.39, 0.29) is 12.2 Å². The van der Waals surface area contributed by atoms with E-state index < -0.39 is 0 Å². The molecule has 3 nitrogen and oxygen atoms in total. The third kappa shape index (κ3) is 1.77. The molecule has 3 heteroatoms. The number of hydrogen-bond donors (Lipinski definition) is 1. The Morgan fingerprint density at radius 3 is 2.44 bits per heavy atom. The molecule has 0 atom stereocenters. The van der Waals surface area contributed by atoms with Crippen molar-refractivity contribution in [3.05, 3.63) is 58.4 Å². The first-order valence-electron chi connectivity index (χ1n) is 5.09. The molecule has 0 amide bonds. The van der Waals surface area contributed by atoms with Crippen molar-refractivity contribution in [1.82, 2.24) is 4.57 Å². The Morgan fingerprint density at radius 2 is 1.81 bits per heavy atom. The fourth-order valence-corrected chi connectivity index (χ4v) is 1.71. The van der Waals surface area contributed by atoms with Crippen LogP contribution in [0.3, 0.4) is 0 Å². The van der Waals surface area contributed by atoms with E-state index in [1.165, 1.54) is 0 Å². The number of pyridine rings is 1. The van der Waals surface area contributed by atoms with Crippen molar-refractivity contribution < 1.29 is 5.11 Å². The van der Waals surface area contributed by atoms with Crippen molar-refractivity contribution in [1.29, 1.82) is 0 Å². The second-order valence-electron chi connectivity index (χ2n) is 3.63. The molecule has 0 fully saturated rings. The maximum absolute atomic E-state index is 11.8. The molecular formula is C13H13NO2. The molecule has 0 saturated carbocycles. The van der Waals surface area contributed by atoms with Gasteiger partial charge in [-0.1, -0.05) is 30.3 Å². The van der Waals surface area contributed by atoms with Crippen LogP contribution in [0.4, 0.5) is 0 Å². The van der Waals surface area contributed by atoms with Gasteiger partial charge in [0.15, 0.2) is 0 Å². The summed E-state index contributed by atoms with van der Waals surface area (Å²) in [5.41, 5.74) is 2.11. The number of benzene rings is 1. The standard InChI is InChI=1S/C13H13NO2/c1-14-12(10-5-3-2-4-6-10)8-7-11(9-15)13(14)16/h2-8,15H,9H2,1H3. The van der Waals surface area contributed by atoms with Crippen molar-refractivity contribution in [3.63, 3.8) is 0 Å². The quantitative estimate of drug-likeness (QED) is 0.825. The van der Waals surface area contributed by atoms with Crippen molar-refractivity contribution in [3.8, 4) is 11.3 Å². The van der Waals surface area contributed by atoms with Gasteiger partial charge >= 0.3 is 0 Å². The predicted molar refractivity (Wildman–Crippen MR) is 63.0 cm³/mol. The number of aliphatic hydroxyl groups is 1. The molecule has 1 aromatic carbocycles. The van der Waals surface area contributed by atoms with Crippen LogP contribution in [0.15, 0.2) is 47.3 Å². The van der Waals surface area contributed by atoms with Crippen LogP contribution in [-0.4, -0.2) is 9.67 Å². The zero-order valence-electron chi connectivity index (χ0n) is 9.05. The van der Waals surface area contributed by atoms with E-state index in [9.17, 15) is 4.79 Å². The summed E-state index contributed by atoms with van der Waals surface area (Å²) >= 11 is 0. The normalized spacial score (nSPS) is 10.4. The van der Waals surface area contributed by atoms with Crippen molar-refractivity contribution in [2.45, 2.75) is 6.61 Å². The van der Waals surface area contributed by atoms with Gasteiger partial charge in [0.25, 0.3) is 5.56 Å². The lowest BCUT2D eigenvalue weighted by Crippen LogP contribution is -2.22. The van der Waals surface area contributed by atoms with Gasteiger partial charge in [0.1, 0.15) is 0 Å². The molecule has 16 heavy (non-hydrogen) atoms. The lowest BCUT2D eigenvalue weighted by molar-refractivity contribution is 0.279. The fourth-order valence-electron chi connectivity index (χ4n) is 1.71. The van der Waals surface area contributed by atoms with Crippen LogP contribution in [0.5, 0.6) is 0 Å². The molecule has 1 aromatic heterocycles. The van der Waals surface area contributed by atoms with Crippen molar-refractivity contribution in [2.75, 3.05) is 0 Å². The first kappa shape index (κ1) is 10.6. The van der Waals surface area contributed by atoms with Gasteiger partial charge in [-0.3, -0.25) is 4.79 Å². The molecule has 0 aliphatic rings. The van der Waals surface area contributed by atoms with Gasteiger partial charge < -0.3 is 9.67 Å². The monoisotopic (exact) mass is 215 g/mol. The van der Waals surface area contributed by atoms with E-state index in [0.29, 0.717) is 5.56 Å². The maximum Gasteiger partial charge on any atom is 0.256 e. The smallest absolute Gasteiger partial charge is 0.256 e. The molecule has 1 N–H and O–H groups in total. The number of aromatic nitrogens is 1. The molecular weight excluding hydrogens is 202 g/mol. The van der Waals surface area contributed by atoms with Gasteiger partial charge in [-0.05, 0) is 17.7 Å². The van der Waals surface area contributed by atoms with Crippen LogP contribution in [0.1, 0.15) is 5.56 Å². The molecule has 1 heterocycles. The summed E-state index contributed by atoms with van der Waals surface area (Å²) < 4.78 is 1.56. The van der Waals surface area contributed by atoms with Gasteiger partial charge in [0.05, 0.1) is 12.3 Å². The van der Waals surface area contributed by atoms with E-state index in [0.717, 1.165) is 11.3 Å². The molecule has 0 bridgehead atoms. The van der Waals surface area contributed by atoms with Crippen LogP contribution < -0.4 is 5.56 Å². The Kier molecular flexibility index (Phi) is 2.88. The van der Waals surface area contributed by atoms with Gasteiger partial charge in [0, 0.05) is 12.6 Å². The second kappa shape index (κ2) is 4.33. The average molecular weight is 215 g/mol. The summed E-state index contributed by atoms with van der Waals surface area (Å²) in [7, 11) is 1.71. The van der Waals surface area contributed by atoms with Crippen molar-refractivity contribution in [2.24, 2.45) is 7.05 Å². The summed E-state index contributed by atoms with van der Waals surface area (Å²) in [5.74, 6) is 0. The number of rotatable bonds is 2. The summed E-state index contributed by atoms with van der Waals surface area (Å²) in [6.45, 7) is -0.220. The van der Waals surface area contributed by atoms with E-state index in [1.54, 1.807) is 17.7 Å². The van der Waals surface area contributed by atoms with Gasteiger partial charge in [-0.15, -0.1) is 0 Å². The second-order valence-corrected chi connectivity index (χ2v) is 3.63. The Morgan fingerprint density at radius 1 is 1.12 bits per heavy atom. The Labute approximate surface area is 93.6 Å². The molecule has 82 valence electrons. The molecule has 2 rings (SSSR count). The molecule has 0 unspecified atom stereocenters. The van der Waals surface area contributed by atoms with Gasteiger partial charge in [-0.2, -0.15) is 0 Å². The van der Waals surface area contributed by atoms with E-state index in [4.69, 9.17) is 5.11 Å². The van der Waals surface area contributed by atoms with E-state index in [1.807, 2.05) is 36.4 Å². The minimum absolute atomic E-state index is 0.149. The zero-order chi connectivity index (χ0) is 11.5. The number of hydrogen-bond acceptors (Lipinski definition) is 2. The Hall–Kier alpha value is -1.87. The van der Waals surface area contributed by atoms with Crippen molar-refractivity contribution >= 4 is 0 Å². The predicted octanol–water partition coefficient (Wildman–Crippen LogP) is 1.54. The van der Waals surface area contributed by atoms with Crippen LogP contribution >= 0.6 is 0 Å². The SMILES string of the molecule is Cn1c(-c2ccccc2)ccc(CO)c1=O. The van der Waals surface area contributed by atoms with Gasteiger partial charge in [0.2, 0.25) is 0 Å². The first-order valence-corrected chi connectivity index (χ1v) is 5.09. The summed E-state index contributed by atoms with van der Waals surface area (Å²) in [6.07, 6.45) is 0. The highest BCUT2D eigenvalue weighted by atomic mass is 16.3. The largest absolute Gasteiger partial charge is 0.391 e. The minimum atomic E-state index is -0.220. The summed E-state index contributed by atoms with van der Waals surface area (Å²) in [5, 5.41) is 8.99. The molecule has 0 spiro atoms. The molecule has 0 aliphatic carbocycles. The van der Waals surface area contributed by atoms with Gasteiger partial charge in [-0.25, -0.2) is 0 Å². The van der Waals surface area contributed by atoms with Crippen LogP contribution in [0.2, 0.25) is 0 Å². The lowest BCUT2D eigenvalue weighted by atomic mass is 10.1. The highest BCUT2D eigenvalue weighted by Gasteiger charge is 2.05. The Balaban J connectivity index is 2.61. The van der Waals surface area contributed by atoms with Crippen LogP contribution in [0.25, 0.3) is 11.3 Å². The Bertz CT molecular complexity index is 544. The maximum atomic E-state index is 11.8. The van der Waals surface area contributed by atoms with E-state index >= 15 is 0 Å². The number of nitrogens with zero attached hydrogens (tertiary/aromatic N) is 1. The highest BCUT2D eigenvalue weighted by Crippen LogP contribution is 2.16. The average Bonchev–Trinajstić information content (AvgIpc) is 2.34. The molecule has 0 aliphatic heterocycles. The molecule has 2 aromatic rings. The zero-order valence-corrected chi connectivity index (χ0v) is 9.05. The van der Waals surface area contributed by atoms with Crippen LogP contribution in [0, 0.1) is 0 Å². The molecule has 0 saturated heterocycles.